The number of nitrogens with zero attached hydrogens (tertiary/aromatic N) is 1. The number of sulfonamides is 1. The van der Waals surface area contributed by atoms with Crippen LogP contribution in [-0.2, 0) is 14.8 Å². The van der Waals surface area contributed by atoms with Crippen molar-refractivity contribution in [3.05, 3.63) is 18.3 Å². The fraction of sp³-hybridized carbons (Fsp3) is 0.500. The number of nitrogens with two attached hydrogens (primary N) is 1. The van der Waals surface area contributed by atoms with Crippen molar-refractivity contribution in [1.82, 2.24) is 9.71 Å². The molecule has 1 saturated heterocycles. The van der Waals surface area contributed by atoms with Gasteiger partial charge in [0.15, 0.2) is 0 Å². The van der Waals surface area contributed by atoms with Gasteiger partial charge in [-0.05, 0) is 18.4 Å². The Balaban J connectivity index is 2.03. The summed E-state index contributed by atoms with van der Waals surface area (Å²) in [6, 6.07) is 2.76. The van der Waals surface area contributed by atoms with E-state index < -0.39 is 10.0 Å². The average Bonchev–Trinajstić information content (AvgIpc) is 2.79. The van der Waals surface area contributed by atoms with Gasteiger partial charge in [-0.1, -0.05) is 0 Å². The number of aromatic nitrogens is 1. The lowest BCUT2D eigenvalue weighted by molar-refractivity contribution is 0.186. The number of nitrogens with one attached hydrogen (secondary N) is 1. The first kappa shape index (κ1) is 12.3. The SMILES string of the molecule is Nc1cc(S(=O)(=O)NCC2CCOC2)ccn1. The molecule has 1 unspecified atom stereocenters. The van der Waals surface area contributed by atoms with Crippen LogP contribution in [0.15, 0.2) is 23.2 Å². The molecule has 1 fully saturated rings. The molecule has 7 heteroatoms. The smallest absolute Gasteiger partial charge is 0.240 e. The van der Waals surface area contributed by atoms with Gasteiger partial charge in [0.25, 0.3) is 0 Å². The van der Waals surface area contributed by atoms with E-state index in [1.807, 2.05) is 0 Å². The predicted octanol–water partition coefficient (Wildman–Crippen LogP) is -0.0214. The first-order valence-corrected chi connectivity index (χ1v) is 6.85. The number of pyridine rings is 1. The third kappa shape index (κ3) is 3.15. The Bertz CT molecular complexity index is 483. The minimum absolute atomic E-state index is 0.143. The van der Waals surface area contributed by atoms with E-state index in [1.54, 1.807) is 0 Å². The molecule has 1 aliphatic rings. The lowest BCUT2D eigenvalue weighted by atomic mass is 10.1. The first-order valence-electron chi connectivity index (χ1n) is 5.37. The summed E-state index contributed by atoms with van der Waals surface area (Å²) >= 11 is 0. The summed E-state index contributed by atoms with van der Waals surface area (Å²) in [5.41, 5.74) is 5.45. The zero-order valence-corrected chi connectivity index (χ0v) is 10.1. The molecule has 1 aromatic heterocycles. The minimum Gasteiger partial charge on any atom is -0.384 e. The van der Waals surface area contributed by atoms with Gasteiger partial charge in [0, 0.05) is 25.4 Å². The molecule has 3 N–H and O–H groups in total. The van der Waals surface area contributed by atoms with Crippen LogP contribution in [0.4, 0.5) is 5.82 Å². The molecular weight excluding hydrogens is 242 g/mol. The number of hydrogen-bond acceptors (Lipinski definition) is 5. The number of nitrogen functional groups attached to an aromatic ring is 1. The maximum Gasteiger partial charge on any atom is 0.240 e. The largest absolute Gasteiger partial charge is 0.384 e. The van der Waals surface area contributed by atoms with Gasteiger partial charge < -0.3 is 10.5 Å². The Morgan fingerprint density at radius 3 is 3.06 bits per heavy atom. The van der Waals surface area contributed by atoms with E-state index in [4.69, 9.17) is 10.5 Å². The molecule has 2 heterocycles. The number of hydrogen-bond donors (Lipinski definition) is 2. The van der Waals surface area contributed by atoms with Crippen molar-refractivity contribution in [2.24, 2.45) is 5.92 Å². The second-order valence-corrected chi connectivity index (χ2v) is 5.76. The maximum absolute atomic E-state index is 11.9. The van der Waals surface area contributed by atoms with E-state index in [0.717, 1.165) is 6.42 Å². The molecule has 6 nitrogen and oxygen atoms in total. The topological polar surface area (TPSA) is 94.3 Å². The third-order valence-corrected chi connectivity index (χ3v) is 4.07. The molecule has 0 saturated carbocycles. The Morgan fingerprint density at radius 2 is 2.41 bits per heavy atom. The fourth-order valence-corrected chi connectivity index (χ4v) is 2.79. The van der Waals surface area contributed by atoms with Crippen molar-refractivity contribution in [2.45, 2.75) is 11.3 Å². The fourth-order valence-electron chi connectivity index (χ4n) is 1.65. The summed E-state index contributed by atoms with van der Waals surface area (Å²) in [5.74, 6) is 0.445. The summed E-state index contributed by atoms with van der Waals surface area (Å²) in [7, 11) is -3.50. The average molecular weight is 257 g/mol. The second kappa shape index (κ2) is 4.99. The van der Waals surface area contributed by atoms with Gasteiger partial charge in [0.2, 0.25) is 10.0 Å². The number of rotatable bonds is 4. The van der Waals surface area contributed by atoms with Crippen LogP contribution in [0.2, 0.25) is 0 Å². The van der Waals surface area contributed by atoms with Crippen LogP contribution in [0.25, 0.3) is 0 Å². The molecule has 0 spiro atoms. The minimum atomic E-state index is -3.50. The van der Waals surface area contributed by atoms with Crippen LogP contribution in [0.3, 0.4) is 0 Å². The summed E-state index contributed by atoms with van der Waals surface area (Å²) in [5, 5.41) is 0. The van der Waals surface area contributed by atoms with Crippen molar-refractivity contribution in [1.29, 1.82) is 0 Å². The van der Waals surface area contributed by atoms with Crippen LogP contribution in [0.1, 0.15) is 6.42 Å². The van der Waals surface area contributed by atoms with Crippen molar-refractivity contribution in [2.75, 3.05) is 25.5 Å². The van der Waals surface area contributed by atoms with E-state index in [0.29, 0.717) is 19.8 Å². The van der Waals surface area contributed by atoms with Gasteiger partial charge in [0.05, 0.1) is 11.5 Å². The Morgan fingerprint density at radius 1 is 1.59 bits per heavy atom. The van der Waals surface area contributed by atoms with Crippen molar-refractivity contribution in [3.63, 3.8) is 0 Å². The molecule has 1 aliphatic heterocycles. The number of ether oxygens (including phenoxy) is 1. The second-order valence-electron chi connectivity index (χ2n) is 4.00. The van der Waals surface area contributed by atoms with Gasteiger partial charge in [-0.3, -0.25) is 0 Å². The van der Waals surface area contributed by atoms with Crippen LogP contribution < -0.4 is 10.5 Å². The predicted molar refractivity (Wildman–Crippen MR) is 62.8 cm³/mol. The Kier molecular flexibility index (Phi) is 3.60. The normalized spacial score (nSPS) is 20.6. The summed E-state index contributed by atoms with van der Waals surface area (Å²) < 4.78 is 31.5. The summed E-state index contributed by atoms with van der Waals surface area (Å²) in [6.45, 7) is 1.71. The third-order valence-electron chi connectivity index (χ3n) is 2.65. The highest BCUT2D eigenvalue weighted by Gasteiger charge is 2.20. The van der Waals surface area contributed by atoms with Gasteiger partial charge in [0.1, 0.15) is 5.82 Å². The molecule has 94 valence electrons. The summed E-state index contributed by atoms with van der Waals surface area (Å²) in [4.78, 5) is 3.90. The molecule has 0 radical (unpaired) electrons. The van der Waals surface area contributed by atoms with Gasteiger partial charge >= 0.3 is 0 Å². The van der Waals surface area contributed by atoms with Crippen LogP contribution >= 0.6 is 0 Å². The van der Waals surface area contributed by atoms with Crippen LogP contribution in [-0.4, -0.2) is 33.2 Å². The monoisotopic (exact) mass is 257 g/mol. The molecule has 17 heavy (non-hydrogen) atoms. The highest BCUT2D eigenvalue weighted by atomic mass is 32.2. The molecule has 0 bridgehead atoms. The Labute approximate surface area is 100 Å². The van der Waals surface area contributed by atoms with E-state index in [1.165, 1.54) is 18.3 Å². The highest BCUT2D eigenvalue weighted by molar-refractivity contribution is 7.89. The molecule has 1 aromatic rings. The van der Waals surface area contributed by atoms with Gasteiger partial charge in [-0.2, -0.15) is 0 Å². The Hall–Kier alpha value is -1.18. The molecule has 1 atom stereocenters. The molecule has 0 amide bonds. The maximum atomic E-state index is 11.9. The van der Waals surface area contributed by atoms with E-state index >= 15 is 0 Å². The molecule has 0 aliphatic carbocycles. The van der Waals surface area contributed by atoms with Gasteiger partial charge in [-0.15, -0.1) is 0 Å². The van der Waals surface area contributed by atoms with E-state index in [-0.39, 0.29) is 16.6 Å². The van der Waals surface area contributed by atoms with Crippen molar-refractivity contribution < 1.29 is 13.2 Å². The zero-order chi connectivity index (χ0) is 12.3. The van der Waals surface area contributed by atoms with Gasteiger partial charge in [-0.25, -0.2) is 18.1 Å². The van der Waals surface area contributed by atoms with Crippen molar-refractivity contribution in [3.8, 4) is 0 Å². The lowest BCUT2D eigenvalue weighted by Gasteiger charge is -2.10. The van der Waals surface area contributed by atoms with Crippen molar-refractivity contribution >= 4 is 15.8 Å². The highest BCUT2D eigenvalue weighted by Crippen LogP contribution is 2.14. The molecule has 0 aromatic carbocycles. The number of anilines is 1. The van der Waals surface area contributed by atoms with E-state index in [2.05, 4.69) is 9.71 Å². The molecular formula is C10H15N3O3S. The van der Waals surface area contributed by atoms with Crippen LogP contribution in [0, 0.1) is 5.92 Å². The first-order chi connectivity index (χ1) is 8.08. The van der Waals surface area contributed by atoms with E-state index in [9.17, 15) is 8.42 Å². The quantitative estimate of drug-likeness (QED) is 0.790. The molecule has 2 rings (SSSR count). The standard InChI is InChI=1S/C10H15N3O3S/c11-10-5-9(1-3-12-10)17(14,15)13-6-8-2-4-16-7-8/h1,3,5,8,13H,2,4,6-7H2,(H2,11,12). The summed E-state index contributed by atoms with van der Waals surface area (Å²) in [6.07, 6.45) is 2.27. The lowest BCUT2D eigenvalue weighted by Crippen LogP contribution is -2.29. The van der Waals surface area contributed by atoms with Crippen LogP contribution in [0.5, 0.6) is 0 Å². The zero-order valence-electron chi connectivity index (χ0n) is 9.30.